The van der Waals surface area contributed by atoms with E-state index in [1.807, 2.05) is 4.98 Å². The normalized spacial score (nSPS) is 26.8. The number of aliphatic hydroxyl groups is 8. The number of rotatable bonds is 10. The first-order valence-electron chi connectivity index (χ1n) is 9.79. The Bertz CT molecular complexity index is 1120. The molecule has 2 heterocycles. The van der Waals surface area contributed by atoms with E-state index < -0.39 is 94.4 Å². The highest BCUT2D eigenvalue weighted by atomic mass is 31.3. The number of hydrogen-bond acceptors (Lipinski definition) is 15. The van der Waals surface area contributed by atoms with E-state index in [-0.39, 0.29) is 0 Å². The van der Waals surface area contributed by atoms with E-state index in [0.717, 1.165) is 16.8 Å². The van der Waals surface area contributed by atoms with E-state index in [4.69, 9.17) is 39.8 Å². The van der Waals surface area contributed by atoms with Crippen molar-refractivity contribution in [3.63, 3.8) is 0 Å². The van der Waals surface area contributed by atoms with Crippen molar-refractivity contribution in [2.75, 3.05) is 13.2 Å². The number of phosphoric acid groups is 1. The number of carbonyl (C=O) groups excluding carboxylic acids is 1. The van der Waals surface area contributed by atoms with Crippen molar-refractivity contribution in [2.45, 2.75) is 49.0 Å². The van der Waals surface area contributed by atoms with Crippen molar-refractivity contribution in [1.82, 2.24) is 9.55 Å². The Morgan fingerprint density at radius 3 is 2.05 bits per heavy atom. The number of H-pyrrole nitrogens is 1. The van der Waals surface area contributed by atoms with Crippen molar-refractivity contribution in [3.05, 3.63) is 33.1 Å². The summed E-state index contributed by atoms with van der Waals surface area (Å²) < 4.78 is 30.9. The molecule has 1 saturated heterocycles. The summed E-state index contributed by atoms with van der Waals surface area (Å²) in [5.41, 5.74) is -3.54. The molecule has 1 aromatic rings. The number of ether oxygens (including phenoxy) is 1. The van der Waals surface area contributed by atoms with Crippen molar-refractivity contribution < 1.29 is 78.5 Å². The summed E-state index contributed by atoms with van der Waals surface area (Å²) in [6, 6.07) is 1.09. The summed E-state index contributed by atoms with van der Waals surface area (Å²) in [7, 11) is -11.2. The molecule has 0 bridgehead atoms. The highest BCUT2D eigenvalue weighted by molar-refractivity contribution is 7.76. The van der Waals surface area contributed by atoms with Crippen LogP contribution >= 0.6 is 15.4 Å². The number of aromatic amines is 1. The molecule has 9 atom stereocenters. The molecule has 1 aromatic heterocycles. The minimum Gasteiger partial charge on any atom is -0.394 e. The first-order valence-corrected chi connectivity index (χ1v) is 12.9. The maximum Gasteiger partial charge on any atom is 0.477 e. The van der Waals surface area contributed by atoms with Crippen LogP contribution in [0.1, 0.15) is 6.23 Å². The van der Waals surface area contributed by atoms with Gasteiger partial charge in [0.05, 0.1) is 13.2 Å². The van der Waals surface area contributed by atoms with Crippen LogP contribution in [0.25, 0.3) is 0 Å². The summed E-state index contributed by atoms with van der Waals surface area (Å²) in [4.78, 5) is 61.1. The monoisotopic (exact) mass is 584 g/mol. The third kappa shape index (κ3) is 8.93. The van der Waals surface area contributed by atoms with Crippen LogP contribution in [0.15, 0.2) is 21.9 Å². The van der Waals surface area contributed by atoms with Crippen LogP contribution in [-0.2, 0) is 23.0 Å². The van der Waals surface area contributed by atoms with Crippen molar-refractivity contribution in [2.24, 2.45) is 0 Å². The van der Waals surface area contributed by atoms with Gasteiger partial charge in [-0.2, -0.15) is 0 Å². The molecule has 1 fully saturated rings. The molecule has 1 aliphatic heterocycles. The summed E-state index contributed by atoms with van der Waals surface area (Å²) in [5.74, 6) is 0. The molecule has 20 nitrogen and oxygen atoms in total. The minimum atomic E-state index is -5.66. The maximum absolute atomic E-state index is 11.4. The summed E-state index contributed by atoms with van der Waals surface area (Å²) >= 11 is 0. The van der Waals surface area contributed by atoms with Gasteiger partial charge in [0.25, 0.3) is 11.1 Å². The van der Waals surface area contributed by atoms with Gasteiger partial charge in [-0.3, -0.25) is 23.7 Å². The molecule has 0 spiro atoms. The molecule has 0 aliphatic carbocycles. The Morgan fingerprint density at radius 1 is 1.05 bits per heavy atom. The molecule has 37 heavy (non-hydrogen) atoms. The fourth-order valence-electron chi connectivity index (χ4n) is 2.76. The van der Waals surface area contributed by atoms with Gasteiger partial charge in [0.15, 0.2) is 12.3 Å². The van der Waals surface area contributed by atoms with Crippen LogP contribution in [0.4, 0.5) is 0 Å². The molecule has 0 aromatic carbocycles. The number of hydrogen-bond donors (Lipinski definition) is 12. The molecule has 1 aliphatic rings. The zero-order valence-electron chi connectivity index (χ0n) is 18.3. The summed E-state index contributed by atoms with van der Waals surface area (Å²) in [6.45, 7) is -1.54. The lowest BCUT2D eigenvalue weighted by Crippen LogP contribution is -2.48. The SMILES string of the molecule is O=C([C@H](O)[C@@H](O)[C@@H](O)[C@H](O)CO)P(=O)(O)OP(=O)(O)O.O=c1ccn([C@@H]2O[C@H](CO)[C@@H](O)[C@H]2O)c(=O)[nH]1. The topological polar surface area (TPSA) is 347 Å². The van der Waals surface area contributed by atoms with E-state index in [0.29, 0.717) is 0 Å². The van der Waals surface area contributed by atoms with Gasteiger partial charge >= 0.3 is 21.1 Å². The molecule has 1 unspecified atom stereocenters. The molecule has 12 N–H and O–H groups in total. The van der Waals surface area contributed by atoms with Crippen LogP contribution < -0.4 is 11.2 Å². The molecular weight excluding hydrogens is 558 g/mol. The third-order valence-electron chi connectivity index (χ3n) is 4.65. The zero-order chi connectivity index (χ0) is 28.9. The van der Waals surface area contributed by atoms with Gasteiger partial charge < -0.3 is 60.3 Å². The quantitative estimate of drug-likeness (QED) is 0.114. The van der Waals surface area contributed by atoms with Crippen LogP contribution in [0.5, 0.6) is 0 Å². The third-order valence-corrected chi connectivity index (χ3v) is 7.20. The van der Waals surface area contributed by atoms with Crippen molar-refractivity contribution >= 4 is 20.9 Å². The second-order valence-electron chi connectivity index (χ2n) is 7.35. The average molecular weight is 584 g/mol. The van der Waals surface area contributed by atoms with E-state index in [2.05, 4.69) is 4.31 Å². The lowest BCUT2D eigenvalue weighted by atomic mass is 10.0. The van der Waals surface area contributed by atoms with Crippen LogP contribution in [-0.4, -0.2) is 127 Å². The van der Waals surface area contributed by atoms with E-state index in [9.17, 15) is 43.9 Å². The van der Waals surface area contributed by atoms with Gasteiger partial charge in [-0.25, -0.2) is 13.7 Å². The molecule has 0 saturated carbocycles. The Labute approximate surface area is 205 Å². The van der Waals surface area contributed by atoms with Gasteiger partial charge in [0.1, 0.15) is 36.6 Å². The van der Waals surface area contributed by atoms with Crippen LogP contribution in [0.2, 0.25) is 0 Å². The highest BCUT2D eigenvalue weighted by Gasteiger charge is 2.46. The summed E-state index contributed by atoms with van der Waals surface area (Å²) in [5, 5.41) is 73.1. The number of nitrogens with zero attached hydrogens (tertiary/aromatic N) is 1. The fourth-order valence-corrected chi connectivity index (χ4v) is 4.72. The van der Waals surface area contributed by atoms with Gasteiger partial charge in [-0.1, -0.05) is 0 Å². The Morgan fingerprint density at radius 2 is 1.62 bits per heavy atom. The fraction of sp³-hybridized carbons (Fsp3) is 0.667. The smallest absolute Gasteiger partial charge is 0.394 e. The molecular formula is C15H26N2O18P2. The standard InChI is InChI=1S/C9H12N2O6.C6H14O12P2/c12-3-4-6(14)7(15)8(17-4)11-2-1-5(13)10-9(11)16;7-1-2(8)3(9)4(10)5(11)6(12)19(13,14)18-20(15,16)17/h1-2,4,6-8,12,14-15H,3H2,(H,10,13,16);2-5,7-11H,1H2,(H,13,14)(H2,15,16,17)/t4-,6-,7-,8-;2-,3+,4+,5-/m11/s1. The Hall–Kier alpha value is -1.71. The minimum absolute atomic E-state index is 0.479. The van der Waals surface area contributed by atoms with Crippen molar-refractivity contribution in [1.29, 1.82) is 0 Å². The highest BCUT2D eigenvalue weighted by Crippen LogP contribution is 2.58. The number of carbonyl (C=O) groups is 1. The van der Waals surface area contributed by atoms with E-state index >= 15 is 0 Å². The molecule has 0 radical (unpaired) electrons. The van der Waals surface area contributed by atoms with Crippen LogP contribution in [0, 0.1) is 0 Å². The first kappa shape index (κ1) is 33.3. The molecule has 214 valence electrons. The predicted molar refractivity (Wildman–Crippen MR) is 113 cm³/mol. The Balaban J connectivity index is 0.000000373. The lowest BCUT2D eigenvalue weighted by molar-refractivity contribution is -0.141. The maximum atomic E-state index is 11.4. The second kappa shape index (κ2) is 13.4. The number of nitrogens with one attached hydrogen (secondary N) is 1. The van der Waals surface area contributed by atoms with Crippen molar-refractivity contribution in [3.8, 4) is 0 Å². The van der Waals surface area contributed by atoms with Gasteiger partial charge in [0.2, 0.25) is 0 Å². The number of aliphatic hydroxyl groups excluding tert-OH is 8. The predicted octanol–water partition coefficient (Wildman–Crippen LogP) is -6.61. The lowest BCUT2D eigenvalue weighted by Gasteiger charge is -2.25. The largest absolute Gasteiger partial charge is 0.477 e. The van der Waals surface area contributed by atoms with Gasteiger partial charge in [0, 0.05) is 12.3 Å². The molecule has 2 rings (SSSR count). The van der Waals surface area contributed by atoms with E-state index in [1.165, 1.54) is 0 Å². The van der Waals surface area contributed by atoms with Gasteiger partial charge in [-0.05, 0) is 0 Å². The first-order chi connectivity index (χ1) is 16.9. The molecule has 0 amide bonds. The van der Waals surface area contributed by atoms with Gasteiger partial charge in [-0.15, -0.1) is 0 Å². The molecule has 22 heteroatoms. The zero-order valence-corrected chi connectivity index (χ0v) is 20.1. The van der Waals surface area contributed by atoms with Crippen LogP contribution in [0.3, 0.4) is 0 Å². The second-order valence-corrected chi connectivity index (χ2v) is 10.5. The Kier molecular flexibility index (Phi) is 12.0. The van der Waals surface area contributed by atoms with E-state index in [1.54, 1.807) is 0 Å². The average Bonchev–Trinajstić information content (AvgIpc) is 3.09. The number of aromatic nitrogens is 2. The summed E-state index contributed by atoms with van der Waals surface area (Å²) in [6.07, 6.45) is -13.1.